The van der Waals surface area contributed by atoms with Crippen LogP contribution in [0.25, 0.3) is 0 Å². The first-order chi connectivity index (χ1) is 5.34. The van der Waals surface area contributed by atoms with E-state index in [1.165, 1.54) is 0 Å². The fraction of sp³-hybridized carbons (Fsp3) is 0.714. The van der Waals surface area contributed by atoms with E-state index in [0.717, 1.165) is 12.8 Å². The maximum absolute atomic E-state index is 10.9. The molecular formula is C7H10O4. The summed E-state index contributed by atoms with van der Waals surface area (Å²) in [5.41, 5.74) is 0. The molecule has 1 heterocycles. The highest BCUT2D eigenvalue weighted by Crippen LogP contribution is 2.14. The van der Waals surface area contributed by atoms with E-state index in [1.54, 1.807) is 0 Å². The summed E-state index contributed by atoms with van der Waals surface area (Å²) in [7, 11) is 0. The second-order valence-corrected chi connectivity index (χ2v) is 2.44. The van der Waals surface area contributed by atoms with Gasteiger partial charge in [0, 0.05) is 0 Å². The molecule has 1 fully saturated rings. The predicted molar refractivity (Wildman–Crippen MR) is 35.7 cm³/mol. The van der Waals surface area contributed by atoms with Crippen LogP contribution in [-0.4, -0.2) is 25.7 Å². The third-order valence-corrected chi connectivity index (χ3v) is 1.64. The largest absolute Gasteiger partial charge is 0.467 e. The number of esters is 1. The van der Waals surface area contributed by atoms with Gasteiger partial charge in [-0.05, 0) is 12.8 Å². The van der Waals surface area contributed by atoms with Gasteiger partial charge in [0.1, 0.15) is 6.61 Å². The summed E-state index contributed by atoms with van der Waals surface area (Å²) in [6.45, 7) is 1.00. The number of hydrogen-bond donors (Lipinski definition) is 0. The van der Waals surface area contributed by atoms with Gasteiger partial charge in [-0.25, -0.2) is 0 Å². The molecule has 1 unspecified atom stereocenters. The summed E-state index contributed by atoms with van der Waals surface area (Å²) in [4.78, 5) is 20.7. The minimum Gasteiger partial charge on any atom is -0.467 e. The van der Waals surface area contributed by atoms with E-state index < -0.39 is 0 Å². The van der Waals surface area contributed by atoms with Gasteiger partial charge in [-0.15, -0.1) is 0 Å². The second-order valence-electron chi connectivity index (χ2n) is 2.44. The SMILES string of the molecule is O=COCC1CCCOC1=O. The van der Waals surface area contributed by atoms with Crippen molar-refractivity contribution in [1.29, 1.82) is 0 Å². The molecule has 1 aliphatic rings. The Labute approximate surface area is 64.5 Å². The molecule has 0 amide bonds. The highest BCUT2D eigenvalue weighted by Gasteiger charge is 2.24. The molecule has 4 heteroatoms. The van der Waals surface area contributed by atoms with Crippen molar-refractivity contribution in [2.24, 2.45) is 5.92 Å². The van der Waals surface area contributed by atoms with E-state index >= 15 is 0 Å². The van der Waals surface area contributed by atoms with E-state index in [2.05, 4.69) is 4.74 Å². The Kier molecular flexibility index (Phi) is 2.89. The van der Waals surface area contributed by atoms with E-state index in [4.69, 9.17) is 4.74 Å². The molecule has 0 radical (unpaired) electrons. The summed E-state index contributed by atoms with van der Waals surface area (Å²) in [5.74, 6) is -0.493. The Hall–Kier alpha value is -1.06. The summed E-state index contributed by atoms with van der Waals surface area (Å²) in [6, 6.07) is 0. The smallest absolute Gasteiger partial charge is 0.312 e. The number of carbonyl (C=O) groups is 2. The number of hydrogen-bond acceptors (Lipinski definition) is 4. The lowest BCUT2D eigenvalue weighted by Gasteiger charge is -2.19. The van der Waals surface area contributed by atoms with Crippen LogP contribution in [0.15, 0.2) is 0 Å². The summed E-state index contributed by atoms with van der Waals surface area (Å²) >= 11 is 0. The zero-order valence-electron chi connectivity index (χ0n) is 6.12. The molecule has 0 aliphatic carbocycles. The summed E-state index contributed by atoms with van der Waals surface area (Å²) in [6.07, 6.45) is 1.62. The zero-order valence-corrected chi connectivity index (χ0v) is 6.12. The van der Waals surface area contributed by atoms with Crippen LogP contribution in [0.1, 0.15) is 12.8 Å². The van der Waals surface area contributed by atoms with Crippen LogP contribution in [0.3, 0.4) is 0 Å². The predicted octanol–water partition coefficient (Wildman–Crippen LogP) is 0.113. The molecule has 0 aromatic heterocycles. The average molecular weight is 158 g/mol. The number of rotatable bonds is 3. The minimum absolute atomic E-state index is 0.155. The van der Waals surface area contributed by atoms with Crippen molar-refractivity contribution in [2.75, 3.05) is 13.2 Å². The van der Waals surface area contributed by atoms with Gasteiger partial charge in [0.25, 0.3) is 6.47 Å². The van der Waals surface area contributed by atoms with Gasteiger partial charge in [-0.2, -0.15) is 0 Å². The molecule has 4 nitrogen and oxygen atoms in total. The molecule has 0 aromatic carbocycles. The molecule has 1 atom stereocenters. The summed E-state index contributed by atoms with van der Waals surface area (Å²) in [5, 5.41) is 0. The third-order valence-electron chi connectivity index (χ3n) is 1.64. The van der Waals surface area contributed by atoms with E-state index in [0.29, 0.717) is 13.1 Å². The van der Waals surface area contributed by atoms with Crippen LogP contribution < -0.4 is 0 Å². The van der Waals surface area contributed by atoms with Crippen molar-refractivity contribution in [2.45, 2.75) is 12.8 Å². The molecule has 0 bridgehead atoms. The van der Waals surface area contributed by atoms with Crippen LogP contribution >= 0.6 is 0 Å². The van der Waals surface area contributed by atoms with Gasteiger partial charge in [0.2, 0.25) is 0 Å². The minimum atomic E-state index is -0.252. The lowest BCUT2D eigenvalue weighted by atomic mass is 10.0. The maximum Gasteiger partial charge on any atom is 0.312 e. The van der Waals surface area contributed by atoms with Crippen LogP contribution in [-0.2, 0) is 19.1 Å². The Bertz CT molecular complexity index is 155. The van der Waals surface area contributed by atoms with Crippen LogP contribution in [0.4, 0.5) is 0 Å². The first-order valence-corrected chi connectivity index (χ1v) is 3.56. The highest BCUT2D eigenvalue weighted by atomic mass is 16.5. The van der Waals surface area contributed by atoms with E-state index in [-0.39, 0.29) is 18.5 Å². The second kappa shape index (κ2) is 3.95. The first-order valence-electron chi connectivity index (χ1n) is 3.56. The quantitative estimate of drug-likeness (QED) is 0.432. The first kappa shape index (κ1) is 8.04. The molecule has 62 valence electrons. The summed E-state index contributed by atoms with van der Waals surface area (Å²) < 4.78 is 9.21. The molecule has 0 N–H and O–H groups in total. The fourth-order valence-corrected chi connectivity index (χ4v) is 1.05. The van der Waals surface area contributed by atoms with Gasteiger partial charge in [-0.3, -0.25) is 9.59 Å². The van der Waals surface area contributed by atoms with Crippen molar-refractivity contribution in [3.8, 4) is 0 Å². The fourth-order valence-electron chi connectivity index (χ4n) is 1.05. The topological polar surface area (TPSA) is 52.6 Å². The normalized spacial score (nSPS) is 24.0. The standard InChI is InChI=1S/C7H10O4/c8-5-10-4-6-2-1-3-11-7(6)9/h5-6H,1-4H2. The van der Waals surface area contributed by atoms with E-state index in [1.807, 2.05) is 0 Å². The van der Waals surface area contributed by atoms with Gasteiger partial charge >= 0.3 is 5.97 Å². The lowest BCUT2D eigenvalue weighted by Crippen LogP contribution is -2.27. The zero-order chi connectivity index (χ0) is 8.10. The van der Waals surface area contributed by atoms with Crippen LogP contribution in [0.2, 0.25) is 0 Å². The molecule has 1 saturated heterocycles. The Morgan fingerprint density at radius 1 is 1.73 bits per heavy atom. The Morgan fingerprint density at radius 3 is 3.18 bits per heavy atom. The molecule has 0 aromatic rings. The number of carbonyl (C=O) groups excluding carboxylic acids is 2. The average Bonchev–Trinajstić information content (AvgIpc) is 2.03. The monoisotopic (exact) mass is 158 g/mol. The van der Waals surface area contributed by atoms with Gasteiger partial charge < -0.3 is 9.47 Å². The maximum atomic E-state index is 10.9. The van der Waals surface area contributed by atoms with Gasteiger partial charge in [0.15, 0.2) is 0 Å². The van der Waals surface area contributed by atoms with Crippen molar-refractivity contribution in [3.05, 3.63) is 0 Å². The van der Waals surface area contributed by atoms with Crippen molar-refractivity contribution in [1.82, 2.24) is 0 Å². The van der Waals surface area contributed by atoms with Crippen LogP contribution in [0, 0.1) is 5.92 Å². The van der Waals surface area contributed by atoms with Crippen molar-refractivity contribution < 1.29 is 19.1 Å². The number of ether oxygens (including phenoxy) is 2. The molecule has 0 saturated carbocycles. The lowest BCUT2D eigenvalue weighted by molar-refractivity contribution is -0.156. The van der Waals surface area contributed by atoms with Crippen molar-refractivity contribution >= 4 is 12.4 Å². The van der Waals surface area contributed by atoms with Crippen LogP contribution in [0.5, 0.6) is 0 Å². The van der Waals surface area contributed by atoms with Crippen molar-refractivity contribution in [3.63, 3.8) is 0 Å². The molecule has 11 heavy (non-hydrogen) atoms. The Balaban J connectivity index is 2.29. The van der Waals surface area contributed by atoms with Gasteiger partial charge in [-0.1, -0.05) is 0 Å². The molecular weight excluding hydrogens is 148 g/mol. The molecule has 1 aliphatic heterocycles. The number of cyclic esters (lactones) is 1. The van der Waals surface area contributed by atoms with Gasteiger partial charge in [0.05, 0.1) is 12.5 Å². The molecule has 1 rings (SSSR count). The Morgan fingerprint density at radius 2 is 2.55 bits per heavy atom. The third kappa shape index (κ3) is 2.22. The highest BCUT2D eigenvalue weighted by molar-refractivity contribution is 5.73. The van der Waals surface area contributed by atoms with E-state index in [9.17, 15) is 9.59 Å². The molecule has 0 spiro atoms.